The molecule has 2 amide bonds. The van der Waals surface area contributed by atoms with E-state index < -0.39 is 12.0 Å². The zero-order valence-corrected chi connectivity index (χ0v) is 23.6. The molecule has 1 aliphatic rings. The van der Waals surface area contributed by atoms with Crippen molar-refractivity contribution >= 4 is 11.8 Å². The van der Waals surface area contributed by atoms with Gasteiger partial charge in [0.25, 0.3) is 5.91 Å². The van der Waals surface area contributed by atoms with E-state index in [0.717, 1.165) is 38.0 Å². The van der Waals surface area contributed by atoms with Gasteiger partial charge >= 0.3 is 0 Å². The number of fused-ring (bicyclic) bond motifs is 1. The highest BCUT2D eigenvalue weighted by atomic mass is 16.5. The molecular formula is C29H41N3O6. The predicted octanol–water partition coefficient (Wildman–Crippen LogP) is 3.87. The Kier molecular flexibility index (Phi) is 10.2. The molecule has 38 heavy (non-hydrogen) atoms. The van der Waals surface area contributed by atoms with E-state index in [2.05, 4.69) is 24.1 Å². The summed E-state index contributed by atoms with van der Waals surface area (Å²) in [5.41, 5.74) is 1.78. The molecule has 0 spiro atoms. The lowest BCUT2D eigenvalue weighted by atomic mass is 9.79. The van der Waals surface area contributed by atoms with E-state index in [-0.39, 0.29) is 11.8 Å². The molecule has 0 radical (unpaired) electrons. The molecule has 1 N–H and O–H groups in total. The molecular weight excluding hydrogens is 486 g/mol. The van der Waals surface area contributed by atoms with Crippen LogP contribution in [0, 0.1) is 0 Å². The van der Waals surface area contributed by atoms with Crippen molar-refractivity contribution in [1.82, 2.24) is 15.1 Å². The average molecular weight is 528 g/mol. The normalized spacial score (nSPS) is 16.7. The van der Waals surface area contributed by atoms with Crippen molar-refractivity contribution < 1.29 is 28.5 Å². The fourth-order valence-corrected chi connectivity index (χ4v) is 5.20. The molecule has 0 saturated carbocycles. The number of likely N-dealkylation sites (N-methyl/N-ethyl adjacent to an activating group) is 1. The second-order valence-corrected chi connectivity index (χ2v) is 9.38. The number of nitrogens with one attached hydrogen (secondary N) is 1. The smallest absolute Gasteiger partial charge is 0.254 e. The van der Waals surface area contributed by atoms with Crippen molar-refractivity contribution in [2.45, 2.75) is 38.6 Å². The van der Waals surface area contributed by atoms with E-state index in [1.54, 1.807) is 44.4 Å². The van der Waals surface area contributed by atoms with Crippen LogP contribution in [0.3, 0.4) is 0 Å². The molecule has 0 aliphatic carbocycles. The molecule has 0 bridgehead atoms. The lowest BCUT2D eigenvalue weighted by molar-refractivity contribution is -0.124. The van der Waals surface area contributed by atoms with Gasteiger partial charge in [0.2, 0.25) is 5.91 Å². The maximum atomic E-state index is 13.9. The molecule has 9 nitrogen and oxygen atoms in total. The van der Waals surface area contributed by atoms with Gasteiger partial charge in [0.15, 0.2) is 23.0 Å². The molecule has 2 aromatic carbocycles. The number of hydrogen-bond donors (Lipinski definition) is 1. The Morgan fingerprint density at radius 1 is 0.868 bits per heavy atom. The summed E-state index contributed by atoms with van der Waals surface area (Å²) in [6.07, 6.45) is 2.11. The number of carbonyl (C=O) groups excluding carboxylic acids is 2. The lowest BCUT2D eigenvalue weighted by Gasteiger charge is -2.40. The summed E-state index contributed by atoms with van der Waals surface area (Å²) in [7, 11) is 7.91. The van der Waals surface area contributed by atoms with Crippen LogP contribution < -0.4 is 24.3 Å². The molecule has 0 saturated heterocycles. The van der Waals surface area contributed by atoms with E-state index in [1.807, 2.05) is 12.1 Å². The average Bonchev–Trinajstić information content (AvgIpc) is 2.93. The lowest BCUT2D eigenvalue weighted by Crippen LogP contribution is -2.46. The first-order valence-electron chi connectivity index (χ1n) is 13.1. The first-order valence-corrected chi connectivity index (χ1v) is 13.1. The van der Waals surface area contributed by atoms with Crippen molar-refractivity contribution in [3.8, 4) is 23.0 Å². The Bertz CT molecular complexity index is 1120. The molecule has 2 unspecified atom stereocenters. The number of rotatable bonds is 13. The van der Waals surface area contributed by atoms with Gasteiger partial charge in [0.1, 0.15) is 0 Å². The van der Waals surface area contributed by atoms with Gasteiger partial charge in [-0.15, -0.1) is 0 Å². The third-order valence-electron chi connectivity index (χ3n) is 7.01. The Morgan fingerprint density at radius 2 is 1.45 bits per heavy atom. The highest BCUT2D eigenvalue weighted by Crippen LogP contribution is 2.46. The monoisotopic (exact) mass is 527 g/mol. The maximum absolute atomic E-state index is 13.9. The van der Waals surface area contributed by atoms with Crippen LogP contribution in [0.4, 0.5) is 0 Å². The van der Waals surface area contributed by atoms with Gasteiger partial charge in [0.05, 0.1) is 40.4 Å². The van der Waals surface area contributed by atoms with Crippen LogP contribution in [0.1, 0.15) is 60.1 Å². The molecule has 1 heterocycles. The predicted molar refractivity (Wildman–Crippen MR) is 147 cm³/mol. The summed E-state index contributed by atoms with van der Waals surface area (Å²) in [4.78, 5) is 31.5. The summed E-state index contributed by atoms with van der Waals surface area (Å²) >= 11 is 0. The third kappa shape index (κ3) is 5.99. The van der Waals surface area contributed by atoms with E-state index in [4.69, 9.17) is 18.9 Å². The molecule has 2 atom stereocenters. The largest absolute Gasteiger partial charge is 0.493 e. The van der Waals surface area contributed by atoms with E-state index in [1.165, 1.54) is 14.2 Å². The van der Waals surface area contributed by atoms with Gasteiger partial charge in [-0.05, 0) is 61.3 Å². The van der Waals surface area contributed by atoms with Crippen LogP contribution in [0.5, 0.6) is 23.0 Å². The summed E-state index contributed by atoms with van der Waals surface area (Å²) < 4.78 is 21.9. The molecule has 208 valence electrons. The van der Waals surface area contributed by atoms with Crippen LogP contribution in [0.25, 0.3) is 0 Å². The van der Waals surface area contributed by atoms with Gasteiger partial charge in [0, 0.05) is 25.7 Å². The highest BCUT2D eigenvalue weighted by Gasteiger charge is 2.43. The van der Waals surface area contributed by atoms with Crippen molar-refractivity contribution in [2.24, 2.45) is 0 Å². The third-order valence-corrected chi connectivity index (χ3v) is 7.01. The van der Waals surface area contributed by atoms with E-state index in [0.29, 0.717) is 40.7 Å². The Labute approximate surface area is 226 Å². The number of hydrogen-bond acceptors (Lipinski definition) is 7. The first kappa shape index (κ1) is 29.1. The topological polar surface area (TPSA) is 89.6 Å². The van der Waals surface area contributed by atoms with E-state index >= 15 is 0 Å². The number of carbonyl (C=O) groups is 2. The van der Waals surface area contributed by atoms with E-state index in [9.17, 15) is 9.59 Å². The minimum absolute atomic E-state index is 0.162. The second kappa shape index (κ2) is 13.4. The number of ether oxygens (including phenoxy) is 4. The van der Waals surface area contributed by atoms with Crippen LogP contribution in [0.15, 0.2) is 30.3 Å². The molecule has 0 aromatic heterocycles. The van der Waals surface area contributed by atoms with Gasteiger partial charge in [-0.2, -0.15) is 0 Å². The van der Waals surface area contributed by atoms with Crippen molar-refractivity contribution in [1.29, 1.82) is 0 Å². The molecule has 0 fully saturated rings. The molecule has 9 heteroatoms. The maximum Gasteiger partial charge on any atom is 0.254 e. The fourth-order valence-electron chi connectivity index (χ4n) is 5.20. The summed E-state index contributed by atoms with van der Waals surface area (Å²) in [5, 5.41) is 3.15. The van der Waals surface area contributed by atoms with Crippen LogP contribution >= 0.6 is 0 Å². The van der Waals surface area contributed by atoms with Crippen molar-refractivity contribution in [3.05, 3.63) is 47.0 Å². The number of nitrogens with zero attached hydrogens (tertiary/aromatic N) is 2. The van der Waals surface area contributed by atoms with Gasteiger partial charge in [-0.25, -0.2) is 0 Å². The minimum Gasteiger partial charge on any atom is -0.493 e. The number of methoxy groups -OCH3 is 4. The number of amides is 2. The van der Waals surface area contributed by atoms with Crippen LogP contribution in [0.2, 0.25) is 0 Å². The Balaban J connectivity index is 2.07. The Morgan fingerprint density at radius 3 is 2.03 bits per heavy atom. The molecule has 1 aliphatic heterocycles. The standard InChI is InChI=1S/C29H41N3O6/c1-8-13-32(14-9-2)15-12-30-28(33)26-20-17-24(37-6)25(38-7)18-21(20)29(34)31(3)27(26)19-10-11-22(35-4)23(16-19)36-5/h10-11,16-18,26-27H,8-9,12-15H2,1-7H3,(H,30,33). The Hall–Kier alpha value is -3.46. The summed E-state index contributed by atoms with van der Waals surface area (Å²) in [6.45, 7) is 7.55. The highest BCUT2D eigenvalue weighted by molar-refractivity contribution is 6.02. The zero-order valence-electron chi connectivity index (χ0n) is 23.6. The van der Waals surface area contributed by atoms with Crippen LogP contribution in [-0.4, -0.2) is 83.3 Å². The van der Waals surface area contributed by atoms with Gasteiger partial charge in [-0.3, -0.25) is 9.59 Å². The summed E-state index contributed by atoms with van der Waals surface area (Å²) in [5.74, 6) is 0.943. The first-order chi connectivity index (χ1) is 18.3. The van der Waals surface area contributed by atoms with Crippen LogP contribution in [-0.2, 0) is 4.79 Å². The second-order valence-electron chi connectivity index (χ2n) is 9.38. The SMILES string of the molecule is CCCN(CCC)CCNC(=O)C1c2cc(OC)c(OC)cc2C(=O)N(C)C1c1ccc(OC)c(OC)c1. The fraction of sp³-hybridized carbons (Fsp3) is 0.517. The number of benzene rings is 2. The molecule has 3 rings (SSSR count). The van der Waals surface area contributed by atoms with Crippen molar-refractivity contribution in [2.75, 3.05) is 61.7 Å². The van der Waals surface area contributed by atoms with Crippen molar-refractivity contribution in [3.63, 3.8) is 0 Å². The minimum atomic E-state index is -0.684. The summed E-state index contributed by atoms with van der Waals surface area (Å²) in [6, 6.07) is 8.31. The molecule has 2 aromatic rings. The zero-order chi connectivity index (χ0) is 27.8. The van der Waals surface area contributed by atoms with Gasteiger partial charge < -0.3 is 34.1 Å². The quantitative estimate of drug-likeness (QED) is 0.423. The van der Waals surface area contributed by atoms with Gasteiger partial charge in [-0.1, -0.05) is 19.9 Å².